The lowest BCUT2D eigenvalue weighted by atomic mass is 10.2. The lowest BCUT2D eigenvalue weighted by Gasteiger charge is -2.17. The first kappa shape index (κ1) is 28.5. The number of amides is 2. The number of hydrogen-bond acceptors (Lipinski definition) is 8. The van der Waals surface area contributed by atoms with Crippen molar-refractivity contribution in [1.82, 2.24) is 0 Å². The van der Waals surface area contributed by atoms with Crippen LogP contribution in [0.15, 0.2) is 60.7 Å². The lowest BCUT2D eigenvalue weighted by molar-refractivity contribution is -0.113. The zero-order chi connectivity index (χ0) is 27.3. The van der Waals surface area contributed by atoms with Crippen LogP contribution in [0.3, 0.4) is 0 Å². The van der Waals surface area contributed by atoms with Gasteiger partial charge >= 0.3 is 0 Å². The molecule has 0 unspecified atom stereocenters. The third-order valence-electron chi connectivity index (χ3n) is 5.12. The molecule has 10 nitrogen and oxygen atoms in total. The summed E-state index contributed by atoms with van der Waals surface area (Å²) >= 11 is 0. The molecule has 0 radical (unpaired) electrons. The second-order valence-electron chi connectivity index (χ2n) is 8.41. The fourth-order valence-corrected chi connectivity index (χ4v) is 3.16. The van der Waals surface area contributed by atoms with Gasteiger partial charge in [0.1, 0.15) is 26.4 Å². The van der Waals surface area contributed by atoms with Gasteiger partial charge in [0.05, 0.1) is 26.4 Å². The van der Waals surface area contributed by atoms with Crippen LogP contribution in [0.2, 0.25) is 0 Å². The Labute approximate surface area is 222 Å². The van der Waals surface area contributed by atoms with Crippen molar-refractivity contribution < 1.29 is 38.0 Å². The second-order valence-corrected chi connectivity index (χ2v) is 8.41. The smallest absolute Gasteiger partial charge is 0.250 e. The van der Waals surface area contributed by atoms with Gasteiger partial charge in [0, 0.05) is 34.7 Å². The van der Waals surface area contributed by atoms with Crippen LogP contribution in [-0.4, -0.2) is 64.7 Å². The van der Waals surface area contributed by atoms with Crippen LogP contribution in [0.4, 0.5) is 11.4 Å². The highest BCUT2D eigenvalue weighted by molar-refractivity contribution is 6.03. The molecule has 38 heavy (non-hydrogen) atoms. The molecular formula is C28H34N2O8. The molecule has 1 aliphatic heterocycles. The van der Waals surface area contributed by atoms with E-state index in [1.54, 1.807) is 50.2 Å². The van der Waals surface area contributed by atoms with Crippen molar-refractivity contribution in [3.05, 3.63) is 60.7 Å². The number of benzene rings is 2. The van der Waals surface area contributed by atoms with Gasteiger partial charge in [0.15, 0.2) is 23.0 Å². The average Bonchev–Trinajstić information content (AvgIpc) is 2.88. The molecule has 3 rings (SSSR count). The molecule has 2 aromatic carbocycles. The first-order valence-corrected chi connectivity index (χ1v) is 12.2. The van der Waals surface area contributed by atoms with Crippen molar-refractivity contribution in [2.24, 2.45) is 0 Å². The summed E-state index contributed by atoms with van der Waals surface area (Å²) in [5.41, 5.74) is 1.91. The van der Waals surface area contributed by atoms with Gasteiger partial charge in [-0.25, -0.2) is 0 Å². The van der Waals surface area contributed by atoms with Crippen molar-refractivity contribution in [2.75, 3.05) is 63.5 Å². The Hall–Kier alpha value is -4.02. The van der Waals surface area contributed by atoms with Crippen LogP contribution in [0.5, 0.6) is 23.0 Å². The summed E-state index contributed by atoms with van der Waals surface area (Å²) < 4.78 is 34.7. The molecule has 0 aliphatic carbocycles. The molecule has 0 saturated heterocycles. The molecule has 0 fully saturated rings. The Bertz CT molecular complexity index is 1060. The predicted octanol–water partition coefficient (Wildman–Crippen LogP) is 3.98. The summed E-state index contributed by atoms with van der Waals surface area (Å²) in [6, 6.07) is 10.3. The number of carbonyl (C=O) groups excluding carboxylic acids is 2. The standard InChI is InChI=1S/C28H34N2O8/c1-19(2)27(31)29-21-5-7-23-25(17-21)37-15-11-34-12-16-38-26-18-22(30-28(32)20(3)4)6-8-24(26)36-14-10-33-9-13-35-23/h5-8,17-18H,1,3,9-16H2,2,4H3,(H,29,31)(H,30,32). The number of fused-ring (bicyclic) bond motifs is 2. The average molecular weight is 527 g/mol. The van der Waals surface area contributed by atoms with Gasteiger partial charge in [-0.3, -0.25) is 9.59 Å². The molecule has 0 saturated carbocycles. The maximum absolute atomic E-state index is 12.0. The van der Waals surface area contributed by atoms with Gasteiger partial charge in [-0.05, 0) is 38.1 Å². The van der Waals surface area contributed by atoms with E-state index in [0.717, 1.165) is 0 Å². The molecule has 2 aromatic rings. The van der Waals surface area contributed by atoms with E-state index in [-0.39, 0.29) is 38.2 Å². The van der Waals surface area contributed by atoms with Crippen molar-refractivity contribution in [3.8, 4) is 23.0 Å². The largest absolute Gasteiger partial charge is 0.487 e. The van der Waals surface area contributed by atoms with Gasteiger partial charge in [-0.2, -0.15) is 0 Å². The summed E-state index contributed by atoms with van der Waals surface area (Å²) in [5.74, 6) is 1.41. The molecular weight excluding hydrogens is 492 g/mol. The normalized spacial score (nSPS) is 14.8. The molecule has 204 valence electrons. The summed E-state index contributed by atoms with van der Waals surface area (Å²) in [6.07, 6.45) is 0. The van der Waals surface area contributed by atoms with Crippen LogP contribution in [0.1, 0.15) is 13.8 Å². The van der Waals surface area contributed by atoms with E-state index in [2.05, 4.69) is 23.8 Å². The van der Waals surface area contributed by atoms with E-state index in [1.165, 1.54) is 0 Å². The summed E-state index contributed by atoms with van der Waals surface area (Å²) in [4.78, 5) is 24.0. The van der Waals surface area contributed by atoms with E-state index in [1.807, 2.05) is 0 Å². The van der Waals surface area contributed by atoms with Crippen LogP contribution < -0.4 is 29.6 Å². The quantitative estimate of drug-likeness (QED) is 0.576. The van der Waals surface area contributed by atoms with E-state index < -0.39 is 0 Å². The van der Waals surface area contributed by atoms with Gasteiger partial charge in [0.2, 0.25) is 0 Å². The lowest BCUT2D eigenvalue weighted by Crippen LogP contribution is -2.16. The van der Waals surface area contributed by atoms with Crippen LogP contribution in [-0.2, 0) is 19.1 Å². The highest BCUT2D eigenvalue weighted by Crippen LogP contribution is 2.32. The maximum Gasteiger partial charge on any atom is 0.250 e. The second kappa shape index (κ2) is 14.7. The molecule has 10 heteroatoms. The van der Waals surface area contributed by atoms with Gasteiger partial charge in [-0.1, -0.05) is 13.2 Å². The number of carbonyl (C=O) groups is 2. The first-order chi connectivity index (χ1) is 18.3. The third kappa shape index (κ3) is 9.13. The van der Waals surface area contributed by atoms with Gasteiger partial charge in [0.25, 0.3) is 11.8 Å². The molecule has 0 bridgehead atoms. The zero-order valence-corrected chi connectivity index (χ0v) is 21.8. The van der Waals surface area contributed by atoms with Crippen molar-refractivity contribution in [1.29, 1.82) is 0 Å². The van der Waals surface area contributed by atoms with Crippen molar-refractivity contribution in [2.45, 2.75) is 13.8 Å². The monoisotopic (exact) mass is 526 g/mol. The Morgan fingerprint density at radius 1 is 0.579 bits per heavy atom. The summed E-state index contributed by atoms with van der Waals surface area (Å²) in [7, 11) is 0. The zero-order valence-electron chi connectivity index (χ0n) is 21.8. The Morgan fingerprint density at radius 2 is 0.921 bits per heavy atom. The van der Waals surface area contributed by atoms with Crippen molar-refractivity contribution in [3.63, 3.8) is 0 Å². The number of nitrogens with one attached hydrogen (secondary N) is 2. The molecule has 1 aliphatic rings. The van der Waals surface area contributed by atoms with Gasteiger partial charge in [-0.15, -0.1) is 0 Å². The van der Waals surface area contributed by atoms with E-state index in [0.29, 0.717) is 71.9 Å². The Balaban J connectivity index is 1.63. The first-order valence-electron chi connectivity index (χ1n) is 12.2. The van der Waals surface area contributed by atoms with Crippen LogP contribution in [0.25, 0.3) is 0 Å². The minimum atomic E-state index is -0.281. The summed E-state index contributed by atoms with van der Waals surface area (Å²) in [6.45, 7) is 12.9. The van der Waals surface area contributed by atoms with E-state index in [9.17, 15) is 9.59 Å². The minimum absolute atomic E-state index is 0.252. The van der Waals surface area contributed by atoms with Crippen LogP contribution >= 0.6 is 0 Å². The third-order valence-corrected chi connectivity index (χ3v) is 5.12. The van der Waals surface area contributed by atoms with E-state index >= 15 is 0 Å². The van der Waals surface area contributed by atoms with Crippen molar-refractivity contribution >= 4 is 23.2 Å². The number of hydrogen-bond donors (Lipinski definition) is 2. The van der Waals surface area contributed by atoms with E-state index in [4.69, 9.17) is 28.4 Å². The number of rotatable bonds is 4. The number of ether oxygens (including phenoxy) is 6. The fourth-order valence-electron chi connectivity index (χ4n) is 3.16. The van der Waals surface area contributed by atoms with Gasteiger partial charge < -0.3 is 39.1 Å². The molecule has 2 amide bonds. The molecule has 1 heterocycles. The molecule has 0 spiro atoms. The molecule has 0 atom stereocenters. The highest BCUT2D eigenvalue weighted by Gasteiger charge is 2.12. The molecule has 0 aromatic heterocycles. The SMILES string of the molecule is C=C(C)C(=O)Nc1ccc2c(c1)OCCOCCOc1cc(NC(=O)C(=C)C)ccc1OCCOCCO2. The fraction of sp³-hybridized carbons (Fsp3) is 0.357. The topological polar surface area (TPSA) is 114 Å². The maximum atomic E-state index is 12.0. The molecule has 2 N–H and O–H groups in total. The summed E-state index contributed by atoms with van der Waals surface area (Å²) in [5, 5.41) is 5.53. The highest BCUT2D eigenvalue weighted by atomic mass is 16.6. The predicted molar refractivity (Wildman–Crippen MR) is 143 cm³/mol. The Morgan fingerprint density at radius 3 is 1.26 bits per heavy atom. The number of anilines is 2. The minimum Gasteiger partial charge on any atom is -0.487 e. The Kier molecular flexibility index (Phi) is 11.0. The van der Waals surface area contributed by atoms with Crippen LogP contribution in [0, 0.1) is 0 Å².